The summed E-state index contributed by atoms with van der Waals surface area (Å²) >= 11 is 0. The topological polar surface area (TPSA) is 125 Å². The largest absolute Gasteiger partial charge is 0.508 e. The van der Waals surface area contributed by atoms with Crippen LogP contribution in [-0.4, -0.2) is 22.0 Å². The average Bonchev–Trinajstić information content (AvgIpc) is 2.56. The molecule has 2 amide bonds. The standard InChI is InChI=1S/C16H15N3O4/c17-19-16(23)13(8-11-6-7-12(20)9-14(11)21)18-15(22)10-4-2-1-3-5-10/h1-9,20-21H,17H2,(H,18,22)(H,19,23)/b13-8+. The number of nitrogens with two attached hydrogens (primary N) is 1. The predicted octanol–water partition coefficient (Wildman–Crippen LogP) is 0.859. The van der Waals surface area contributed by atoms with E-state index in [1.54, 1.807) is 30.3 Å². The molecule has 0 saturated carbocycles. The lowest BCUT2D eigenvalue weighted by atomic mass is 10.1. The van der Waals surface area contributed by atoms with Gasteiger partial charge >= 0.3 is 0 Å². The molecule has 7 nitrogen and oxygen atoms in total. The number of aromatic hydroxyl groups is 2. The number of rotatable bonds is 4. The van der Waals surface area contributed by atoms with Gasteiger partial charge in [-0.25, -0.2) is 5.84 Å². The van der Waals surface area contributed by atoms with Crippen LogP contribution in [0, 0.1) is 0 Å². The maximum atomic E-state index is 12.1. The van der Waals surface area contributed by atoms with E-state index in [9.17, 15) is 19.8 Å². The number of benzene rings is 2. The average molecular weight is 313 g/mol. The Bertz CT molecular complexity index is 757. The Balaban J connectivity index is 2.32. The highest BCUT2D eigenvalue weighted by Crippen LogP contribution is 2.24. The van der Waals surface area contributed by atoms with Crippen LogP contribution in [0.1, 0.15) is 15.9 Å². The van der Waals surface area contributed by atoms with E-state index in [4.69, 9.17) is 5.84 Å². The minimum absolute atomic E-state index is 0.127. The Hall–Kier alpha value is -3.32. The van der Waals surface area contributed by atoms with Gasteiger partial charge < -0.3 is 15.5 Å². The molecule has 6 N–H and O–H groups in total. The smallest absolute Gasteiger partial charge is 0.281 e. The lowest BCUT2D eigenvalue weighted by Gasteiger charge is -2.09. The number of carbonyl (C=O) groups is 2. The highest BCUT2D eigenvalue weighted by atomic mass is 16.3. The van der Waals surface area contributed by atoms with Gasteiger partial charge in [-0.1, -0.05) is 18.2 Å². The third kappa shape index (κ3) is 4.08. The molecule has 118 valence electrons. The van der Waals surface area contributed by atoms with Crippen molar-refractivity contribution in [2.75, 3.05) is 0 Å². The summed E-state index contributed by atoms with van der Waals surface area (Å²) in [6.07, 6.45) is 1.25. The molecule has 23 heavy (non-hydrogen) atoms. The van der Waals surface area contributed by atoms with Crippen LogP contribution in [0.25, 0.3) is 6.08 Å². The van der Waals surface area contributed by atoms with Crippen LogP contribution < -0.4 is 16.6 Å². The summed E-state index contributed by atoms with van der Waals surface area (Å²) < 4.78 is 0. The highest BCUT2D eigenvalue weighted by Gasteiger charge is 2.14. The molecule has 7 heteroatoms. The lowest BCUT2D eigenvalue weighted by Crippen LogP contribution is -2.38. The van der Waals surface area contributed by atoms with Gasteiger partial charge in [-0.05, 0) is 30.3 Å². The molecule has 0 radical (unpaired) electrons. The fourth-order valence-electron chi connectivity index (χ4n) is 1.83. The van der Waals surface area contributed by atoms with Crippen molar-refractivity contribution in [1.82, 2.24) is 10.7 Å². The van der Waals surface area contributed by atoms with Crippen LogP contribution in [0.15, 0.2) is 54.2 Å². The molecular formula is C16H15N3O4. The van der Waals surface area contributed by atoms with E-state index in [0.29, 0.717) is 5.56 Å². The molecule has 0 spiro atoms. The molecule has 0 aliphatic heterocycles. The summed E-state index contributed by atoms with van der Waals surface area (Å²) in [4.78, 5) is 23.9. The number of amides is 2. The predicted molar refractivity (Wildman–Crippen MR) is 84.0 cm³/mol. The van der Waals surface area contributed by atoms with Crippen LogP contribution in [0.5, 0.6) is 11.5 Å². The Kier molecular flexibility index (Phi) is 4.96. The summed E-state index contributed by atoms with van der Waals surface area (Å²) in [6.45, 7) is 0. The van der Waals surface area contributed by atoms with E-state index in [-0.39, 0.29) is 22.8 Å². The van der Waals surface area contributed by atoms with Gasteiger partial charge in [0.15, 0.2) is 0 Å². The quantitative estimate of drug-likeness (QED) is 0.248. The van der Waals surface area contributed by atoms with Crippen molar-refractivity contribution in [3.05, 3.63) is 65.4 Å². The third-order valence-electron chi connectivity index (χ3n) is 2.97. The molecule has 0 aliphatic rings. The number of nitrogens with one attached hydrogen (secondary N) is 2. The first-order valence-corrected chi connectivity index (χ1v) is 6.62. The van der Waals surface area contributed by atoms with Gasteiger partial charge in [-0.15, -0.1) is 0 Å². The Morgan fingerprint density at radius 3 is 2.35 bits per heavy atom. The van der Waals surface area contributed by atoms with Crippen LogP contribution in [-0.2, 0) is 4.79 Å². The molecular weight excluding hydrogens is 298 g/mol. The van der Waals surface area contributed by atoms with Gasteiger partial charge in [-0.2, -0.15) is 0 Å². The molecule has 0 atom stereocenters. The van der Waals surface area contributed by atoms with Crippen LogP contribution in [0.3, 0.4) is 0 Å². The lowest BCUT2D eigenvalue weighted by molar-refractivity contribution is -0.117. The minimum atomic E-state index is -0.734. The van der Waals surface area contributed by atoms with Gasteiger partial charge in [0.25, 0.3) is 11.8 Å². The Labute approximate surface area is 132 Å². The summed E-state index contributed by atoms with van der Waals surface area (Å²) in [7, 11) is 0. The van der Waals surface area contributed by atoms with Crippen molar-refractivity contribution in [1.29, 1.82) is 0 Å². The second kappa shape index (κ2) is 7.10. The molecule has 0 aliphatic carbocycles. The normalized spacial score (nSPS) is 10.9. The molecule has 0 bridgehead atoms. The zero-order valence-electron chi connectivity index (χ0n) is 12.0. The van der Waals surface area contributed by atoms with Gasteiger partial charge in [0.1, 0.15) is 17.2 Å². The minimum Gasteiger partial charge on any atom is -0.508 e. The summed E-state index contributed by atoms with van der Waals surface area (Å²) in [6, 6.07) is 12.2. The van der Waals surface area contributed by atoms with Crippen LogP contribution in [0.4, 0.5) is 0 Å². The summed E-state index contributed by atoms with van der Waals surface area (Å²) in [5.41, 5.74) is 2.36. The van der Waals surface area contributed by atoms with Crippen LogP contribution >= 0.6 is 0 Å². The molecule has 0 saturated heterocycles. The molecule has 0 unspecified atom stereocenters. The van der Waals surface area contributed by atoms with E-state index in [2.05, 4.69) is 5.32 Å². The second-order valence-electron chi connectivity index (χ2n) is 4.59. The number of hydrogen-bond donors (Lipinski definition) is 5. The van der Waals surface area contributed by atoms with Crippen molar-refractivity contribution in [3.63, 3.8) is 0 Å². The van der Waals surface area contributed by atoms with E-state index in [1.807, 2.05) is 5.43 Å². The monoisotopic (exact) mass is 313 g/mol. The van der Waals surface area contributed by atoms with Crippen molar-refractivity contribution in [3.8, 4) is 11.5 Å². The molecule has 2 aromatic rings. The number of phenols is 2. The Morgan fingerprint density at radius 2 is 1.74 bits per heavy atom. The van der Waals surface area contributed by atoms with E-state index in [0.717, 1.165) is 6.07 Å². The van der Waals surface area contributed by atoms with Crippen molar-refractivity contribution in [2.24, 2.45) is 5.84 Å². The van der Waals surface area contributed by atoms with Gasteiger partial charge in [-0.3, -0.25) is 15.0 Å². The number of carbonyl (C=O) groups excluding carboxylic acids is 2. The number of hydrazine groups is 1. The molecule has 0 heterocycles. The van der Waals surface area contributed by atoms with E-state index in [1.165, 1.54) is 18.2 Å². The van der Waals surface area contributed by atoms with Crippen molar-refractivity contribution < 1.29 is 19.8 Å². The first-order chi connectivity index (χ1) is 11.0. The van der Waals surface area contributed by atoms with E-state index < -0.39 is 11.8 Å². The SMILES string of the molecule is NNC(=O)/C(=C\c1ccc(O)cc1O)NC(=O)c1ccccc1. The first kappa shape index (κ1) is 16.1. The second-order valence-corrected chi connectivity index (χ2v) is 4.59. The fraction of sp³-hybridized carbons (Fsp3) is 0. The third-order valence-corrected chi connectivity index (χ3v) is 2.97. The first-order valence-electron chi connectivity index (χ1n) is 6.62. The molecule has 0 aromatic heterocycles. The van der Waals surface area contributed by atoms with Crippen LogP contribution in [0.2, 0.25) is 0 Å². The fourth-order valence-corrected chi connectivity index (χ4v) is 1.83. The Morgan fingerprint density at radius 1 is 1.04 bits per heavy atom. The molecule has 0 fully saturated rings. The highest BCUT2D eigenvalue weighted by molar-refractivity contribution is 6.05. The number of phenolic OH excluding ortho intramolecular Hbond substituents is 2. The summed E-state index contributed by atoms with van der Waals surface area (Å²) in [5, 5.41) is 21.5. The van der Waals surface area contributed by atoms with Crippen molar-refractivity contribution in [2.45, 2.75) is 0 Å². The van der Waals surface area contributed by atoms with E-state index >= 15 is 0 Å². The van der Waals surface area contributed by atoms with Gasteiger partial charge in [0.05, 0.1) is 0 Å². The van der Waals surface area contributed by atoms with Crippen molar-refractivity contribution >= 4 is 17.9 Å². The maximum absolute atomic E-state index is 12.1. The molecule has 2 aromatic carbocycles. The zero-order valence-corrected chi connectivity index (χ0v) is 12.0. The number of hydrogen-bond acceptors (Lipinski definition) is 5. The zero-order chi connectivity index (χ0) is 16.8. The van der Waals surface area contributed by atoms with Gasteiger partial charge in [0, 0.05) is 17.2 Å². The molecule has 2 rings (SSSR count). The summed E-state index contributed by atoms with van der Waals surface area (Å²) in [5.74, 6) is 3.50. The maximum Gasteiger partial charge on any atom is 0.281 e. The van der Waals surface area contributed by atoms with Gasteiger partial charge in [0.2, 0.25) is 0 Å².